The molecule has 1 aromatic heterocycles. The molecule has 2 rings (SSSR count). The molecule has 0 aromatic carbocycles. The van der Waals surface area contributed by atoms with Gasteiger partial charge in [0.25, 0.3) is 0 Å². The van der Waals surface area contributed by atoms with Crippen LogP contribution < -0.4 is 10.6 Å². The lowest BCUT2D eigenvalue weighted by Crippen LogP contribution is -2.34. The van der Waals surface area contributed by atoms with Crippen LogP contribution in [0.3, 0.4) is 0 Å². The van der Waals surface area contributed by atoms with E-state index in [1.807, 2.05) is 0 Å². The highest BCUT2D eigenvalue weighted by molar-refractivity contribution is 5.52. The minimum absolute atomic E-state index is 0.119. The summed E-state index contributed by atoms with van der Waals surface area (Å²) in [6, 6.07) is 5.78. The summed E-state index contributed by atoms with van der Waals surface area (Å²) in [5, 5.41) is 15.4. The van der Waals surface area contributed by atoms with Crippen molar-refractivity contribution in [3.63, 3.8) is 0 Å². The first-order chi connectivity index (χ1) is 7.85. The topological polar surface area (TPSA) is 70.0 Å². The molecule has 0 aliphatic carbocycles. The summed E-state index contributed by atoms with van der Waals surface area (Å²) in [5.74, 6) is 0.626. The molecular weight excluding hydrogens is 204 g/mol. The van der Waals surface area contributed by atoms with E-state index < -0.39 is 0 Å². The number of aromatic nitrogens is 1. The SMILES string of the molecule is CO[C@H]1CNCC1Nc1ncccc1C#N. The Balaban J connectivity index is 2.12. The summed E-state index contributed by atoms with van der Waals surface area (Å²) in [6.07, 6.45) is 1.79. The number of anilines is 1. The van der Waals surface area contributed by atoms with E-state index in [4.69, 9.17) is 10.00 Å². The third kappa shape index (κ3) is 2.13. The molecule has 2 atom stereocenters. The van der Waals surface area contributed by atoms with Crippen LogP contribution >= 0.6 is 0 Å². The van der Waals surface area contributed by atoms with E-state index in [0.29, 0.717) is 11.4 Å². The van der Waals surface area contributed by atoms with Crippen molar-refractivity contribution in [2.75, 3.05) is 25.5 Å². The molecule has 1 aliphatic rings. The van der Waals surface area contributed by atoms with Crippen molar-refractivity contribution in [2.24, 2.45) is 0 Å². The van der Waals surface area contributed by atoms with Gasteiger partial charge in [-0.05, 0) is 12.1 Å². The average Bonchev–Trinajstić information content (AvgIpc) is 2.77. The quantitative estimate of drug-likeness (QED) is 0.766. The van der Waals surface area contributed by atoms with E-state index in [0.717, 1.165) is 13.1 Å². The Hall–Kier alpha value is -1.64. The van der Waals surface area contributed by atoms with E-state index in [-0.39, 0.29) is 12.1 Å². The Kier molecular flexibility index (Phi) is 3.34. The monoisotopic (exact) mass is 218 g/mol. The van der Waals surface area contributed by atoms with Crippen LogP contribution in [0.5, 0.6) is 0 Å². The molecule has 0 amide bonds. The van der Waals surface area contributed by atoms with Gasteiger partial charge in [-0.2, -0.15) is 5.26 Å². The number of nitrogens with zero attached hydrogens (tertiary/aromatic N) is 2. The van der Waals surface area contributed by atoms with Crippen LogP contribution in [0.4, 0.5) is 5.82 Å². The zero-order valence-corrected chi connectivity index (χ0v) is 9.10. The number of hydrogen-bond acceptors (Lipinski definition) is 5. The largest absolute Gasteiger partial charge is 0.378 e. The second-order valence-corrected chi connectivity index (χ2v) is 3.69. The number of nitriles is 1. The fourth-order valence-corrected chi connectivity index (χ4v) is 1.83. The highest BCUT2D eigenvalue weighted by atomic mass is 16.5. The Morgan fingerprint density at radius 2 is 2.50 bits per heavy atom. The smallest absolute Gasteiger partial charge is 0.144 e. The first-order valence-corrected chi connectivity index (χ1v) is 5.20. The van der Waals surface area contributed by atoms with Gasteiger partial charge in [-0.3, -0.25) is 0 Å². The zero-order valence-electron chi connectivity index (χ0n) is 9.10. The molecule has 1 aliphatic heterocycles. The number of nitrogens with one attached hydrogen (secondary N) is 2. The molecule has 0 radical (unpaired) electrons. The lowest BCUT2D eigenvalue weighted by molar-refractivity contribution is 0.111. The molecule has 5 nitrogen and oxygen atoms in total. The molecule has 2 heterocycles. The molecule has 2 N–H and O–H groups in total. The van der Waals surface area contributed by atoms with Crippen molar-refractivity contribution >= 4 is 5.82 Å². The molecule has 0 bridgehead atoms. The molecule has 1 fully saturated rings. The summed E-state index contributed by atoms with van der Waals surface area (Å²) in [7, 11) is 1.69. The van der Waals surface area contributed by atoms with E-state index in [1.165, 1.54) is 0 Å². The van der Waals surface area contributed by atoms with Gasteiger partial charge in [-0.25, -0.2) is 4.98 Å². The van der Waals surface area contributed by atoms with Gasteiger partial charge < -0.3 is 15.4 Å². The zero-order chi connectivity index (χ0) is 11.4. The third-order valence-corrected chi connectivity index (χ3v) is 2.71. The van der Waals surface area contributed by atoms with Gasteiger partial charge in [0.2, 0.25) is 0 Å². The molecular formula is C11H14N4O. The Morgan fingerprint density at radius 1 is 1.62 bits per heavy atom. The second-order valence-electron chi connectivity index (χ2n) is 3.69. The van der Waals surface area contributed by atoms with Crippen molar-refractivity contribution in [3.8, 4) is 6.07 Å². The van der Waals surface area contributed by atoms with Crippen molar-refractivity contribution < 1.29 is 4.74 Å². The third-order valence-electron chi connectivity index (χ3n) is 2.71. The minimum Gasteiger partial charge on any atom is -0.378 e. The Labute approximate surface area is 94.4 Å². The predicted molar refractivity (Wildman–Crippen MR) is 60.0 cm³/mol. The minimum atomic E-state index is 0.119. The van der Waals surface area contributed by atoms with Gasteiger partial charge in [-0.1, -0.05) is 0 Å². The summed E-state index contributed by atoms with van der Waals surface area (Å²) in [5.41, 5.74) is 0.559. The fraction of sp³-hybridized carbons (Fsp3) is 0.455. The lowest BCUT2D eigenvalue weighted by atomic mass is 10.2. The molecule has 1 unspecified atom stereocenters. The molecule has 1 saturated heterocycles. The van der Waals surface area contributed by atoms with Crippen LogP contribution in [0.25, 0.3) is 0 Å². The molecule has 1 aromatic rings. The van der Waals surface area contributed by atoms with Crippen LogP contribution in [0.1, 0.15) is 5.56 Å². The molecule has 0 saturated carbocycles. The highest BCUT2D eigenvalue weighted by Crippen LogP contribution is 2.14. The summed E-state index contributed by atoms with van der Waals surface area (Å²) < 4.78 is 5.33. The van der Waals surface area contributed by atoms with Crippen molar-refractivity contribution in [2.45, 2.75) is 12.1 Å². The van der Waals surface area contributed by atoms with Crippen LogP contribution in [-0.2, 0) is 4.74 Å². The number of ether oxygens (including phenoxy) is 1. The first kappa shape index (κ1) is 10.9. The van der Waals surface area contributed by atoms with E-state index >= 15 is 0 Å². The summed E-state index contributed by atoms with van der Waals surface area (Å²) >= 11 is 0. The van der Waals surface area contributed by atoms with Gasteiger partial charge in [0.1, 0.15) is 11.9 Å². The maximum atomic E-state index is 8.94. The van der Waals surface area contributed by atoms with E-state index in [2.05, 4.69) is 21.7 Å². The number of rotatable bonds is 3. The maximum Gasteiger partial charge on any atom is 0.144 e. The normalized spacial score (nSPS) is 24.0. The maximum absolute atomic E-state index is 8.94. The predicted octanol–water partition coefficient (Wildman–Crippen LogP) is 0.352. The van der Waals surface area contributed by atoms with Crippen molar-refractivity contribution in [1.29, 1.82) is 5.26 Å². The summed E-state index contributed by atoms with van der Waals surface area (Å²) in [6.45, 7) is 1.64. The highest BCUT2D eigenvalue weighted by Gasteiger charge is 2.27. The summed E-state index contributed by atoms with van der Waals surface area (Å²) in [4.78, 5) is 4.16. The van der Waals surface area contributed by atoms with Crippen LogP contribution in [0.2, 0.25) is 0 Å². The average molecular weight is 218 g/mol. The molecule has 16 heavy (non-hydrogen) atoms. The number of methoxy groups -OCH3 is 1. The Bertz CT molecular complexity index is 401. The molecule has 5 heteroatoms. The molecule has 0 spiro atoms. The number of pyridine rings is 1. The van der Waals surface area contributed by atoms with Crippen LogP contribution in [0.15, 0.2) is 18.3 Å². The number of hydrogen-bond donors (Lipinski definition) is 2. The lowest BCUT2D eigenvalue weighted by Gasteiger charge is -2.19. The van der Waals surface area contributed by atoms with E-state index in [9.17, 15) is 0 Å². The second kappa shape index (κ2) is 4.92. The standard InChI is InChI=1S/C11H14N4O/c1-16-10-7-13-6-9(10)15-11-8(5-12)3-2-4-14-11/h2-4,9-10,13H,6-7H2,1H3,(H,14,15)/t9?,10-/m0/s1. The van der Waals surface area contributed by atoms with Crippen LogP contribution in [0, 0.1) is 11.3 Å². The molecule has 84 valence electrons. The van der Waals surface area contributed by atoms with E-state index in [1.54, 1.807) is 25.4 Å². The Morgan fingerprint density at radius 3 is 3.25 bits per heavy atom. The van der Waals surface area contributed by atoms with Gasteiger partial charge in [0.05, 0.1) is 17.7 Å². The van der Waals surface area contributed by atoms with Gasteiger partial charge >= 0.3 is 0 Å². The van der Waals surface area contributed by atoms with Crippen molar-refractivity contribution in [3.05, 3.63) is 23.9 Å². The van der Waals surface area contributed by atoms with Crippen molar-refractivity contribution in [1.82, 2.24) is 10.3 Å². The van der Waals surface area contributed by atoms with Crippen LogP contribution in [-0.4, -0.2) is 37.3 Å². The fourth-order valence-electron chi connectivity index (χ4n) is 1.83. The van der Waals surface area contributed by atoms with Gasteiger partial charge in [0, 0.05) is 26.4 Å². The van der Waals surface area contributed by atoms with Gasteiger partial charge in [0.15, 0.2) is 0 Å². The first-order valence-electron chi connectivity index (χ1n) is 5.20. The van der Waals surface area contributed by atoms with Gasteiger partial charge in [-0.15, -0.1) is 0 Å².